The van der Waals surface area contributed by atoms with Crippen molar-refractivity contribution in [2.45, 2.75) is 32.9 Å². The summed E-state index contributed by atoms with van der Waals surface area (Å²) in [6.45, 7) is 10.2. The minimum Gasteiger partial charge on any atom is -0.370 e. The van der Waals surface area contributed by atoms with E-state index in [0.29, 0.717) is 5.69 Å². The van der Waals surface area contributed by atoms with Crippen LogP contribution in [-0.4, -0.2) is 62.4 Å². The fourth-order valence-corrected chi connectivity index (χ4v) is 5.11. The number of piperazine rings is 1. The number of aromatic amines is 1. The summed E-state index contributed by atoms with van der Waals surface area (Å²) in [6, 6.07) is 1.59. The number of allylic oxidation sites excluding steroid dienone is 2. The molecule has 0 spiro atoms. The normalized spacial score (nSPS) is 19.6. The lowest BCUT2D eigenvalue weighted by atomic mass is 9.94. The molecule has 1 fully saturated rings. The number of nitrogens with one attached hydrogen (secondary N) is 1. The van der Waals surface area contributed by atoms with E-state index in [-0.39, 0.29) is 5.56 Å². The summed E-state index contributed by atoms with van der Waals surface area (Å²) in [5, 5.41) is 0. The van der Waals surface area contributed by atoms with Crippen LogP contribution in [0.1, 0.15) is 24.4 Å². The zero-order valence-corrected chi connectivity index (χ0v) is 17.8. The Morgan fingerprint density at radius 2 is 2.03 bits per heavy atom. The third-order valence-corrected chi connectivity index (χ3v) is 6.67. The van der Waals surface area contributed by atoms with E-state index in [1.165, 1.54) is 4.88 Å². The van der Waals surface area contributed by atoms with E-state index in [4.69, 9.17) is 5.73 Å². The molecule has 2 aromatic heterocycles. The van der Waals surface area contributed by atoms with E-state index in [0.717, 1.165) is 48.8 Å². The molecule has 9 heteroatoms. The molecular formula is C20H26N6O2S. The Morgan fingerprint density at radius 3 is 2.72 bits per heavy atom. The van der Waals surface area contributed by atoms with Crippen LogP contribution in [0.5, 0.6) is 0 Å². The Morgan fingerprint density at radius 1 is 1.31 bits per heavy atom. The summed E-state index contributed by atoms with van der Waals surface area (Å²) in [5.74, 6) is 0. The summed E-state index contributed by atoms with van der Waals surface area (Å²) in [6.07, 6.45) is 5.69. The van der Waals surface area contributed by atoms with Crippen LogP contribution in [0.3, 0.4) is 0 Å². The SMILES string of the molecule is Cc1nc2sc(CN3CCN(C4=CC=CN(C(N)=O)C4(C)C)CC3)cc2[nH]c1=O. The number of fused-ring (bicyclic) bond motifs is 1. The molecule has 3 N–H and O–H groups in total. The molecule has 2 aliphatic rings. The smallest absolute Gasteiger partial charge is 0.319 e. The Hall–Kier alpha value is -2.65. The van der Waals surface area contributed by atoms with Gasteiger partial charge in [-0.15, -0.1) is 11.3 Å². The van der Waals surface area contributed by atoms with E-state index < -0.39 is 11.6 Å². The van der Waals surface area contributed by atoms with Crippen molar-refractivity contribution < 1.29 is 4.79 Å². The lowest BCUT2D eigenvalue weighted by Crippen LogP contribution is -2.56. The van der Waals surface area contributed by atoms with Crippen molar-refractivity contribution in [1.82, 2.24) is 24.7 Å². The maximum absolute atomic E-state index is 11.8. The van der Waals surface area contributed by atoms with Gasteiger partial charge in [0.15, 0.2) is 0 Å². The van der Waals surface area contributed by atoms with E-state index in [1.807, 2.05) is 26.0 Å². The highest BCUT2D eigenvalue weighted by molar-refractivity contribution is 7.18. The molecule has 4 heterocycles. The van der Waals surface area contributed by atoms with Gasteiger partial charge in [-0.25, -0.2) is 9.78 Å². The fourth-order valence-electron chi connectivity index (χ4n) is 4.04. The monoisotopic (exact) mass is 414 g/mol. The van der Waals surface area contributed by atoms with E-state index in [1.54, 1.807) is 29.4 Å². The molecule has 0 unspecified atom stereocenters. The number of urea groups is 1. The average Bonchev–Trinajstić information content (AvgIpc) is 3.03. The first-order valence-corrected chi connectivity index (χ1v) is 10.5. The average molecular weight is 415 g/mol. The van der Waals surface area contributed by atoms with Gasteiger partial charge in [-0.2, -0.15) is 0 Å². The number of amides is 2. The van der Waals surface area contributed by atoms with Crippen LogP contribution in [0, 0.1) is 6.92 Å². The summed E-state index contributed by atoms with van der Waals surface area (Å²) in [7, 11) is 0. The van der Waals surface area contributed by atoms with Gasteiger partial charge in [0.1, 0.15) is 10.5 Å². The molecule has 4 rings (SSSR count). The van der Waals surface area contributed by atoms with Gasteiger partial charge in [0, 0.05) is 49.5 Å². The summed E-state index contributed by atoms with van der Waals surface area (Å²) in [5.41, 5.74) is 7.38. The number of nitrogens with two attached hydrogens (primary N) is 1. The first-order valence-electron chi connectivity index (χ1n) is 9.70. The molecule has 0 bridgehead atoms. The van der Waals surface area contributed by atoms with Gasteiger partial charge in [-0.1, -0.05) is 0 Å². The number of H-pyrrole nitrogens is 1. The number of primary amides is 1. The molecule has 29 heavy (non-hydrogen) atoms. The first kappa shape index (κ1) is 19.7. The summed E-state index contributed by atoms with van der Waals surface area (Å²) in [4.78, 5) is 39.2. The number of aromatic nitrogens is 2. The fraction of sp³-hybridized carbons (Fsp3) is 0.450. The van der Waals surface area contributed by atoms with Gasteiger partial charge in [0.25, 0.3) is 5.56 Å². The molecule has 2 aliphatic heterocycles. The molecule has 0 saturated carbocycles. The van der Waals surface area contributed by atoms with Gasteiger partial charge in [-0.05, 0) is 39.0 Å². The Kier molecular flexibility index (Phi) is 4.95. The topological polar surface area (TPSA) is 98.6 Å². The van der Waals surface area contributed by atoms with Crippen LogP contribution < -0.4 is 11.3 Å². The van der Waals surface area contributed by atoms with Crippen LogP contribution in [0.25, 0.3) is 10.3 Å². The third kappa shape index (κ3) is 3.67. The predicted octanol–water partition coefficient (Wildman–Crippen LogP) is 1.98. The van der Waals surface area contributed by atoms with Crippen molar-refractivity contribution >= 4 is 27.7 Å². The number of carbonyl (C=O) groups is 1. The van der Waals surface area contributed by atoms with Crippen molar-refractivity contribution in [3.8, 4) is 0 Å². The highest BCUT2D eigenvalue weighted by atomic mass is 32.1. The van der Waals surface area contributed by atoms with Crippen LogP contribution in [0.2, 0.25) is 0 Å². The minimum absolute atomic E-state index is 0.127. The summed E-state index contributed by atoms with van der Waals surface area (Å²) < 4.78 is 0. The van der Waals surface area contributed by atoms with Crippen molar-refractivity contribution in [2.75, 3.05) is 26.2 Å². The number of aryl methyl sites for hydroxylation is 1. The quantitative estimate of drug-likeness (QED) is 0.800. The number of carbonyl (C=O) groups excluding carboxylic acids is 1. The van der Waals surface area contributed by atoms with Crippen LogP contribution in [0.4, 0.5) is 4.79 Å². The molecule has 154 valence electrons. The molecule has 8 nitrogen and oxygen atoms in total. The van der Waals surface area contributed by atoms with Crippen LogP contribution in [-0.2, 0) is 6.54 Å². The van der Waals surface area contributed by atoms with Gasteiger partial charge >= 0.3 is 6.03 Å². The minimum atomic E-state index is -0.469. The summed E-state index contributed by atoms with van der Waals surface area (Å²) >= 11 is 1.63. The molecule has 0 radical (unpaired) electrons. The Labute approximate surface area is 173 Å². The zero-order valence-electron chi connectivity index (χ0n) is 16.9. The van der Waals surface area contributed by atoms with Crippen molar-refractivity contribution in [1.29, 1.82) is 0 Å². The largest absolute Gasteiger partial charge is 0.370 e. The first-order chi connectivity index (χ1) is 13.8. The molecule has 0 aliphatic carbocycles. The third-order valence-electron chi connectivity index (χ3n) is 5.66. The van der Waals surface area contributed by atoms with E-state index in [2.05, 4.69) is 25.8 Å². The van der Waals surface area contributed by atoms with Crippen molar-refractivity contribution in [3.05, 3.63) is 51.0 Å². The standard InChI is InChI=1S/C20H26N6O2S/c1-13-17(27)23-15-11-14(29-18(15)22-13)12-24-7-9-25(10-8-24)16-5-4-6-26(19(21)28)20(16,2)3/h4-6,11H,7-10,12H2,1-3H3,(H2,21,28)(H,23,27). The number of rotatable bonds is 3. The molecule has 1 saturated heterocycles. The molecular weight excluding hydrogens is 388 g/mol. The highest BCUT2D eigenvalue weighted by Crippen LogP contribution is 2.31. The van der Waals surface area contributed by atoms with Crippen molar-refractivity contribution in [2.24, 2.45) is 5.73 Å². The second-order valence-electron chi connectivity index (χ2n) is 8.01. The van der Waals surface area contributed by atoms with Gasteiger partial charge < -0.3 is 15.6 Å². The molecule has 2 amide bonds. The van der Waals surface area contributed by atoms with Crippen LogP contribution >= 0.6 is 11.3 Å². The van der Waals surface area contributed by atoms with Gasteiger partial charge in [0.05, 0.1) is 11.1 Å². The lowest BCUT2D eigenvalue weighted by molar-refractivity contribution is 0.118. The van der Waals surface area contributed by atoms with Gasteiger partial charge in [-0.3, -0.25) is 14.6 Å². The second-order valence-corrected chi connectivity index (χ2v) is 9.12. The predicted molar refractivity (Wildman–Crippen MR) is 115 cm³/mol. The number of hydrogen-bond acceptors (Lipinski definition) is 6. The molecule has 0 aromatic carbocycles. The van der Waals surface area contributed by atoms with Gasteiger partial charge in [0.2, 0.25) is 0 Å². The maximum atomic E-state index is 11.8. The molecule has 2 aromatic rings. The number of hydrogen-bond donors (Lipinski definition) is 2. The van der Waals surface area contributed by atoms with Crippen molar-refractivity contribution in [3.63, 3.8) is 0 Å². The van der Waals surface area contributed by atoms with E-state index in [9.17, 15) is 9.59 Å². The Balaban J connectivity index is 1.42. The molecule has 0 atom stereocenters. The highest BCUT2D eigenvalue weighted by Gasteiger charge is 2.37. The Bertz CT molecular complexity index is 1060. The maximum Gasteiger partial charge on any atom is 0.319 e. The van der Waals surface area contributed by atoms with E-state index >= 15 is 0 Å². The second kappa shape index (κ2) is 7.31. The lowest BCUT2D eigenvalue weighted by Gasteiger charge is -2.46. The number of nitrogens with zero attached hydrogens (tertiary/aromatic N) is 4. The van der Waals surface area contributed by atoms with Crippen LogP contribution in [0.15, 0.2) is 34.9 Å². The number of thiophene rings is 1. The zero-order chi connectivity index (χ0) is 20.8.